The van der Waals surface area contributed by atoms with E-state index in [0.29, 0.717) is 29.4 Å². The molecular weight excluding hydrogens is 359 g/mol. The Kier molecular flexibility index (Phi) is 5.34. The molecule has 0 aliphatic heterocycles. The number of benzene rings is 2. The second-order valence-electron chi connectivity index (χ2n) is 6.07. The summed E-state index contributed by atoms with van der Waals surface area (Å²) >= 11 is 0. The summed E-state index contributed by atoms with van der Waals surface area (Å²) in [7, 11) is 0. The summed E-state index contributed by atoms with van der Waals surface area (Å²) in [5.74, 6) is -0.691. The van der Waals surface area contributed by atoms with Gasteiger partial charge in [0.2, 0.25) is 0 Å². The van der Waals surface area contributed by atoms with Crippen molar-refractivity contribution in [1.29, 1.82) is 0 Å². The number of nitrogens with zero attached hydrogens (tertiary/aromatic N) is 2. The van der Waals surface area contributed by atoms with E-state index in [2.05, 4.69) is 15.2 Å². The van der Waals surface area contributed by atoms with Crippen LogP contribution >= 0.6 is 0 Å². The SMILES string of the molecule is CCCn1nc(NC(=O)c2ccc(F)cc2)c2cc(C)cc(OC(F)F)c21. The maximum absolute atomic E-state index is 13.0. The van der Waals surface area contributed by atoms with E-state index in [0.717, 1.165) is 0 Å². The Bertz CT molecular complexity index is 968. The molecule has 3 rings (SSSR count). The molecule has 0 aliphatic rings. The van der Waals surface area contributed by atoms with E-state index in [1.165, 1.54) is 35.0 Å². The highest BCUT2D eigenvalue weighted by Crippen LogP contribution is 2.34. The molecule has 5 nitrogen and oxygen atoms in total. The summed E-state index contributed by atoms with van der Waals surface area (Å²) in [6.07, 6.45) is 0.712. The Hall–Kier alpha value is -3.03. The molecule has 0 radical (unpaired) electrons. The van der Waals surface area contributed by atoms with E-state index in [1.54, 1.807) is 13.0 Å². The van der Waals surface area contributed by atoms with Gasteiger partial charge in [0.05, 0.1) is 0 Å². The Labute approximate surface area is 153 Å². The van der Waals surface area contributed by atoms with Gasteiger partial charge in [-0.3, -0.25) is 9.48 Å². The summed E-state index contributed by atoms with van der Waals surface area (Å²) in [6.45, 7) is 1.15. The van der Waals surface area contributed by atoms with E-state index in [9.17, 15) is 18.0 Å². The number of aromatic nitrogens is 2. The molecule has 0 fully saturated rings. The van der Waals surface area contributed by atoms with Crippen LogP contribution in [0, 0.1) is 12.7 Å². The number of ether oxygens (including phenoxy) is 1. The quantitative estimate of drug-likeness (QED) is 0.675. The number of hydrogen-bond donors (Lipinski definition) is 1. The Morgan fingerprint density at radius 2 is 1.96 bits per heavy atom. The van der Waals surface area contributed by atoms with Gasteiger partial charge in [0.1, 0.15) is 11.3 Å². The highest BCUT2D eigenvalue weighted by atomic mass is 19.3. The van der Waals surface area contributed by atoms with E-state index in [1.807, 2.05) is 6.92 Å². The molecule has 1 amide bonds. The molecule has 1 heterocycles. The topological polar surface area (TPSA) is 56.2 Å². The molecule has 27 heavy (non-hydrogen) atoms. The van der Waals surface area contributed by atoms with Gasteiger partial charge in [-0.15, -0.1) is 0 Å². The van der Waals surface area contributed by atoms with Gasteiger partial charge in [-0.25, -0.2) is 4.39 Å². The molecule has 1 aromatic heterocycles. The minimum atomic E-state index is -2.97. The molecule has 3 aromatic rings. The van der Waals surface area contributed by atoms with E-state index in [4.69, 9.17) is 0 Å². The first-order valence-corrected chi connectivity index (χ1v) is 8.42. The Morgan fingerprint density at radius 3 is 2.59 bits per heavy atom. The van der Waals surface area contributed by atoms with Crippen LogP contribution in [-0.4, -0.2) is 22.3 Å². The standard InChI is InChI=1S/C19H18F3N3O2/c1-3-8-25-16-14(9-11(2)10-15(16)27-19(21)22)17(24-25)23-18(26)12-4-6-13(20)7-5-12/h4-7,9-10,19H,3,8H2,1-2H3,(H,23,24,26). The lowest BCUT2D eigenvalue weighted by Gasteiger charge is -2.09. The van der Waals surface area contributed by atoms with Crippen LogP contribution in [-0.2, 0) is 6.54 Å². The van der Waals surface area contributed by atoms with Crippen molar-refractivity contribution in [2.75, 3.05) is 5.32 Å². The van der Waals surface area contributed by atoms with E-state index in [-0.39, 0.29) is 17.1 Å². The van der Waals surface area contributed by atoms with Crippen LogP contribution < -0.4 is 10.1 Å². The first-order chi connectivity index (χ1) is 12.9. The Balaban J connectivity index is 2.05. The highest BCUT2D eigenvalue weighted by molar-refractivity contribution is 6.08. The number of nitrogens with one attached hydrogen (secondary N) is 1. The van der Waals surface area contributed by atoms with Crippen molar-refractivity contribution < 1.29 is 22.7 Å². The van der Waals surface area contributed by atoms with E-state index >= 15 is 0 Å². The van der Waals surface area contributed by atoms with Gasteiger partial charge >= 0.3 is 6.61 Å². The van der Waals surface area contributed by atoms with Crippen molar-refractivity contribution in [3.63, 3.8) is 0 Å². The van der Waals surface area contributed by atoms with Crippen molar-refractivity contribution in [2.24, 2.45) is 0 Å². The average molecular weight is 377 g/mol. The second kappa shape index (κ2) is 7.69. The molecule has 1 N–H and O–H groups in total. The Morgan fingerprint density at radius 1 is 1.26 bits per heavy atom. The third-order valence-corrected chi connectivity index (χ3v) is 3.94. The van der Waals surface area contributed by atoms with Crippen LogP contribution in [0.2, 0.25) is 0 Å². The summed E-state index contributed by atoms with van der Waals surface area (Å²) in [5.41, 5.74) is 1.33. The number of rotatable bonds is 6. The van der Waals surface area contributed by atoms with Gasteiger partial charge in [-0.1, -0.05) is 6.92 Å². The number of carbonyl (C=O) groups excluding carboxylic acids is 1. The van der Waals surface area contributed by atoms with Gasteiger partial charge in [0.15, 0.2) is 11.6 Å². The van der Waals surface area contributed by atoms with E-state index < -0.39 is 18.3 Å². The lowest BCUT2D eigenvalue weighted by molar-refractivity contribution is -0.0490. The molecule has 0 spiro atoms. The predicted octanol–water partition coefficient (Wildman–Crippen LogP) is 4.75. The number of aryl methyl sites for hydroxylation is 2. The average Bonchev–Trinajstić information content (AvgIpc) is 2.92. The molecule has 142 valence electrons. The third-order valence-electron chi connectivity index (χ3n) is 3.94. The van der Waals surface area contributed by atoms with Gasteiger partial charge in [-0.05, 0) is 55.3 Å². The lowest BCUT2D eigenvalue weighted by atomic mass is 10.1. The monoisotopic (exact) mass is 377 g/mol. The normalized spacial score (nSPS) is 11.2. The number of amides is 1. The number of halogens is 3. The summed E-state index contributed by atoms with van der Waals surface area (Å²) in [4.78, 5) is 12.4. The van der Waals surface area contributed by atoms with Crippen LogP contribution in [0.4, 0.5) is 19.0 Å². The number of carbonyl (C=O) groups is 1. The molecule has 0 unspecified atom stereocenters. The fourth-order valence-electron chi connectivity index (χ4n) is 2.85. The van der Waals surface area contributed by atoms with Crippen LogP contribution in [0.3, 0.4) is 0 Å². The van der Waals surface area contributed by atoms with Gasteiger partial charge in [0, 0.05) is 17.5 Å². The van der Waals surface area contributed by atoms with Crippen molar-refractivity contribution >= 4 is 22.6 Å². The lowest BCUT2D eigenvalue weighted by Crippen LogP contribution is -2.13. The first-order valence-electron chi connectivity index (χ1n) is 8.42. The highest BCUT2D eigenvalue weighted by Gasteiger charge is 2.20. The van der Waals surface area contributed by atoms with Crippen molar-refractivity contribution in [3.05, 3.63) is 53.3 Å². The number of anilines is 1. The molecule has 2 aromatic carbocycles. The maximum Gasteiger partial charge on any atom is 0.387 e. The van der Waals surface area contributed by atoms with Gasteiger partial charge in [0.25, 0.3) is 5.91 Å². The predicted molar refractivity (Wildman–Crippen MR) is 95.7 cm³/mol. The molecule has 8 heteroatoms. The maximum atomic E-state index is 13.0. The molecular formula is C19H18F3N3O2. The van der Waals surface area contributed by atoms with Crippen LogP contribution in [0.1, 0.15) is 29.3 Å². The summed E-state index contributed by atoms with van der Waals surface area (Å²) < 4.78 is 44.9. The van der Waals surface area contributed by atoms with Crippen molar-refractivity contribution in [2.45, 2.75) is 33.4 Å². The molecule has 0 bridgehead atoms. The van der Waals surface area contributed by atoms with Crippen LogP contribution in [0.5, 0.6) is 5.75 Å². The smallest absolute Gasteiger partial charge is 0.387 e. The molecule has 0 saturated heterocycles. The van der Waals surface area contributed by atoms with Crippen molar-refractivity contribution in [1.82, 2.24) is 9.78 Å². The first kappa shape index (κ1) is 18.8. The minimum absolute atomic E-state index is 0.00299. The molecule has 0 aliphatic carbocycles. The second-order valence-corrected chi connectivity index (χ2v) is 6.07. The minimum Gasteiger partial charge on any atom is -0.433 e. The van der Waals surface area contributed by atoms with Crippen LogP contribution in [0.25, 0.3) is 10.9 Å². The van der Waals surface area contributed by atoms with Crippen molar-refractivity contribution in [3.8, 4) is 5.75 Å². The van der Waals surface area contributed by atoms with Gasteiger partial charge < -0.3 is 10.1 Å². The number of hydrogen-bond acceptors (Lipinski definition) is 3. The zero-order valence-corrected chi connectivity index (χ0v) is 14.8. The van der Waals surface area contributed by atoms with Gasteiger partial charge in [-0.2, -0.15) is 13.9 Å². The molecule has 0 atom stereocenters. The fourth-order valence-corrected chi connectivity index (χ4v) is 2.85. The summed E-state index contributed by atoms with van der Waals surface area (Å²) in [6, 6.07) is 8.32. The number of alkyl halides is 2. The number of fused-ring (bicyclic) bond motifs is 1. The zero-order chi connectivity index (χ0) is 19.6. The third kappa shape index (κ3) is 4.05. The summed E-state index contributed by atoms with van der Waals surface area (Å²) in [5, 5.41) is 7.52. The largest absolute Gasteiger partial charge is 0.433 e. The zero-order valence-electron chi connectivity index (χ0n) is 14.8. The molecule has 0 saturated carbocycles. The fraction of sp³-hybridized carbons (Fsp3) is 0.263. The van der Waals surface area contributed by atoms with Crippen LogP contribution in [0.15, 0.2) is 36.4 Å².